The van der Waals surface area contributed by atoms with Crippen molar-refractivity contribution >= 4 is 16.8 Å². The number of nitrogens with zero attached hydrogens (tertiary/aromatic N) is 3. The van der Waals surface area contributed by atoms with Gasteiger partial charge in [-0.1, -0.05) is 6.07 Å². The topological polar surface area (TPSA) is 94.9 Å². The number of aliphatic hydroxyl groups is 1. The Morgan fingerprint density at radius 2 is 1.64 bits per heavy atom. The average Bonchev–Trinajstić information content (AvgIpc) is 3.79. The molecule has 0 bridgehead atoms. The van der Waals surface area contributed by atoms with Crippen molar-refractivity contribution < 1.29 is 33.6 Å². The third-order valence-corrected chi connectivity index (χ3v) is 9.87. The van der Waals surface area contributed by atoms with Crippen molar-refractivity contribution in [2.75, 3.05) is 46.9 Å². The van der Waals surface area contributed by atoms with Gasteiger partial charge in [0.2, 0.25) is 13.6 Å². The second-order valence-corrected chi connectivity index (χ2v) is 12.1. The number of ether oxygens (including phenoxy) is 5. The maximum Gasteiger partial charge on any atom is 0.253 e. The van der Waals surface area contributed by atoms with Crippen LogP contribution in [0, 0.1) is 0 Å². The van der Waals surface area contributed by atoms with Crippen molar-refractivity contribution in [1.82, 2.24) is 14.4 Å². The van der Waals surface area contributed by atoms with Crippen LogP contribution in [0.25, 0.3) is 10.9 Å². The number of piperidine rings is 1. The SMILES string of the molecule is COc1ccc2c3c(n(C)c2c1)[C@@H](CO)N(Cc1ccc2c(c1)OCO2)CC31CCN(C(=O)c2ccc3c(c2)OCO3)CC1. The molecule has 228 valence electrons. The van der Waals surface area contributed by atoms with Gasteiger partial charge in [-0.2, -0.15) is 0 Å². The minimum absolute atomic E-state index is 0.00212. The fourth-order valence-electron chi connectivity index (χ4n) is 7.66. The summed E-state index contributed by atoms with van der Waals surface area (Å²) >= 11 is 0. The number of carbonyl (C=O) groups excluding carboxylic acids is 1. The van der Waals surface area contributed by atoms with Crippen molar-refractivity contribution in [3.63, 3.8) is 0 Å². The Balaban J connectivity index is 1.16. The van der Waals surface area contributed by atoms with E-state index in [-0.39, 0.29) is 37.6 Å². The van der Waals surface area contributed by atoms with Crippen LogP contribution >= 0.6 is 0 Å². The van der Waals surface area contributed by atoms with Crippen LogP contribution in [0.4, 0.5) is 0 Å². The highest BCUT2D eigenvalue weighted by atomic mass is 16.7. The lowest BCUT2D eigenvalue weighted by Gasteiger charge is -2.50. The van der Waals surface area contributed by atoms with Crippen LogP contribution in [-0.4, -0.2) is 72.3 Å². The molecule has 1 aromatic heterocycles. The maximum absolute atomic E-state index is 13.6. The molecular weight excluding hydrogens is 562 g/mol. The molecule has 0 unspecified atom stereocenters. The number of hydrogen-bond donors (Lipinski definition) is 1. The molecule has 4 aromatic rings. The number of aryl methyl sites for hydroxylation is 1. The molecule has 3 aromatic carbocycles. The molecule has 1 saturated heterocycles. The molecule has 44 heavy (non-hydrogen) atoms. The van der Waals surface area contributed by atoms with Gasteiger partial charge in [-0.3, -0.25) is 9.69 Å². The second kappa shape index (κ2) is 10.3. The van der Waals surface area contributed by atoms with Crippen molar-refractivity contribution in [2.24, 2.45) is 7.05 Å². The van der Waals surface area contributed by atoms with Gasteiger partial charge >= 0.3 is 0 Å². The van der Waals surface area contributed by atoms with Gasteiger partial charge in [-0.15, -0.1) is 0 Å². The zero-order chi connectivity index (χ0) is 30.0. The molecule has 10 nitrogen and oxygen atoms in total. The van der Waals surface area contributed by atoms with Crippen LogP contribution in [0.15, 0.2) is 54.6 Å². The first-order valence-corrected chi connectivity index (χ1v) is 15.1. The Labute approximate surface area is 255 Å². The summed E-state index contributed by atoms with van der Waals surface area (Å²) in [5.41, 5.74) is 4.98. The molecule has 1 spiro atoms. The number of fused-ring (bicyclic) bond motifs is 6. The van der Waals surface area contributed by atoms with Gasteiger partial charge in [-0.25, -0.2) is 0 Å². The Bertz CT molecular complexity index is 1770. The standard InChI is InChI=1S/C34H35N3O7/c1-35-25-15-23(40-2)5-6-24(25)31-32(35)26(17-38)37(16-21-3-7-27-29(13-21)43-19-41-27)18-34(31)9-11-36(12-10-34)33(39)22-4-8-28-30(14-22)44-20-42-28/h3-8,13-15,26,38H,9-12,16-20H2,1-2H3/t26-/m1/s1. The van der Waals surface area contributed by atoms with Crippen molar-refractivity contribution in [3.8, 4) is 28.7 Å². The predicted molar refractivity (Wildman–Crippen MR) is 162 cm³/mol. The van der Waals surface area contributed by atoms with E-state index in [0.29, 0.717) is 36.7 Å². The Morgan fingerprint density at radius 1 is 0.932 bits per heavy atom. The largest absolute Gasteiger partial charge is 0.497 e. The van der Waals surface area contributed by atoms with Gasteiger partial charge in [0.1, 0.15) is 5.75 Å². The van der Waals surface area contributed by atoms with E-state index in [0.717, 1.165) is 53.4 Å². The summed E-state index contributed by atoms with van der Waals surface area (Å²) in [7, 11) is 3.77. The molecule has 0 saturated carbocycles. The smallest absolute Gasteiger partial charge is 0.253 e. The first-order chi connectivity index (χ1) is 21.5. The van der Waals surface area contributed by atoms with E-state index < -0.39 is 0 Å². The summed E-state index contributed by atoms with van der Waals surface area (Å²) < 4.78 is 30.0. The highest BCUT2D eigenvalue weighted by molar-refractivity contribution is 5.95. The monoisotopic (exact) mass is 597 g/mol. The molecule has 1 N–H and O–H groups in total. The fourth-order valence-corrected chi connectivity index (χ4v) is 7.66. The molecular formula is C34H35N3O7. The first-order valence-electron chi connectivity index (χ1n) is 15.1. The third-order valence-electron chi connectivity index (χ3n) is 9.87. The third kappa shape index (κ3) is 4.19. The van der Waals surface area contributed by atoms with E-state index in [4.69, 9.17) is 23.7 Å². The molecule has 1 fully saturated rings. The Morgan fingerprint density at radius 3 is 2.36 bits per heavy atom. The molecule has 4 aliphatic rings. The van der Waals surface area contributed by atoms with Crippen molar-refractivity contribution in [2.45, 2.75) is 30.8 Å². The highest BCUT2D eigenvalue weighted by Gasteiger charge is 2.48. The summed E-state index contributed by atoms with van der Waals surface area (Å²) in [6.45, 7) is 3.06. The zero-order valence-electron chi connectivity index (χ0n) is 24.9. The van der Waals surface area contributed by atoms with E-state index in [1.807, 2.05) is 35.2 Å². The van der Waals surface area contributed by atoms with Gasteiger partial charge in [0, 0.05) is 61.4 Å². The van der Waals surface area contributed by atoms with Gasteiger partial charge in [0.15, 0.2) is 23.0 Å². The summed E-state index contributed by atoms with van der Waals surface area (Å²) in [6, 6.07) is 17.5. The van der Waals surface area contributed by atoms with E-state index >= 15 is 0 Å². The van der Waals surface area contributed by atoms with Crippen molar-refractivity contribution in [1.29, 1.82) is 0 Å². The molecule has 5 heterocycles. The Kier molecular flexibility index (Phi) is 6.39. The van der Waals surface area contributed by atoms with Gasteiger partial charge in [0.05, 0.1) is 25.3 Å². The number of likely N-dealkylation sites (tertiary alicyclic amines) is 1. The summed E-state index contributed by atoms with van der Waals surface area (Å²) in [5, 5.41) is 12.1. The number of aromatic nitrogens is 1. The summed E-state index contributed by atoms with van der Waals surface area (Å²) in [6.07, 6.45) is 1.61. The summed E-state index contributed by atoms with van der Waals surface area (Å²) in [4.78, 5) is 18.0. The number of amides is 1. The molecule has 1 amide bonds. The van der Waals surface area contributed by atoms with Crippen LogP contribution < -0.4 is 23.7 Å². The molecule has 1 atom stereocenters. The number of benzene rings is 3. The van der Waals surface area contributed by atoms with Crippen LogP contribution in [-0.2, 0) is 19.0 Å². The maximum atomic E-state index is 13.6. The number of rotatable bonds is 5. The number of carbonyl (C=O) groups is 1. The van der Waals surface area contributed by atoms with Crippen LogP contribution in [0.5, 0.6) is 28.7 Å². The first kappa shape index (κ1) is 27.2. The number of methoxy groups -OCH3 is 1. The predicted octanol–water partition coefficient (Wildman–Crippen LogP) is 4.37. The molecule has 8 rings (SSSR count). The van der Waals surface area contributed by atoms with Crippen molar-refractivity contribution in [3.05, 3.63) is 77.0 Å². The molecule has 4 aliphatic heterocycles. The van der Waals surface area contributed by atoms with E-state index in [9.17, 15) is 9.90 Å². The van der Waals surface area contributed by atoms with Crippen LogP contribution in [0.3, 0.4) is 0 Å². The Hall–Kier alpha value is -4.41. The lowest BCUT2D eigenvalue weighted by atomic mass is 9.68. The molecule has 10 heteroatoms. The average molecular weight is 598 g/mol. The lowest BCUT2D eigenvalue weighted by Crippen LogP contribution is -2.54. The second-order valence-electron chi connectivity index (χ2n) is 12.1. The molecule has 0 radical (unpaired) electrons. The zero-order valence-corrected chi connectivity index (χ0v) is 24.9. The minimum Gasteiger partial charge on any atom is -0.497 e. The van der Waals surface area contributed by atoms with Crippen LogP contribution in [0.1, 0.15) is 46.1 Å². The van der Waals surface area contributed by atoms with Gasteiger partial charge < -0.3 is 38.3 Å². The summed E-state index contributed by atoms with van der Waals surface area (Å²) in [5.74, 6) is 3.59. The minimum atomic E-state index is -0.211. The van der Waals surface area contributed by atoms with E-state index in [2.05, 4.69) is 34.7 Å². The number of hydrogen-bond acceptors (Lipinski definition) is 8. The number of aliphatic hydroxyl groups excluding tert-OH is 1. The quantitative estimate of drug-likeness (QED) is 0.363. The fraction of sp³-hybridized carbons (Fsp3) is 0.382. The highest BCUT2D eigenvalue weighted by Crippen LogP contribution is 2.51. The lowest BCUT2D eigenvalue weighted by molar-refractivity contribution is 0.0374. The van der Waals surface area contributed by atoms with E-state index in [1.54, 1.807) is 13.2 Å². The normalized spacial score (nSPS) is 19.9. The van der Waals surface area contributed by atoms with Gasteiger partial charge in [0.25, 0.3) is 5.91 Å². The van der Waals surface area contributed by atoms with Crippen LogP contribution in [0.2, 0.25) is 0 Å². The van der Waals surface area contributed by atoms with Gasteiger partial charge in [-0.05, 0) is 66.4 Å². The van der Waals surface area contributed by atoms with E-state index in [1.165, 1.54) is 10.9 Å². The molecule has 0 aliphatic carbocycles.